The van der Waals surface area contributed by atoms with Crippen molar-refractivity contribution in [3.8, 4) is 11.4 Å². The second-order valence-corrected chi connectivity index (χ2v) is 7.08. The topological polar surface area (TPSA) is 30.7 Å². The van der Waals surface area contributed by atoms with Gasteiger partial charge in [-0.2, -0.15) is 0 Å². The average molecular weight is 315 g/mol. The molecule has 0 amide bonds. The van der Waals surface area contributed by atoms with Crippen molar-refractivity contribution in [1.82, 2.24) is 14.8 Å². The molecule has 0 bridgehead atoms. The first-order valence-electron chi connectivity index (χ1n) is 6.77. The van der Waals surface area contributed by atoms with Gasteiger partial charge in [-0.25, -0.2) is 0 Å². The van der Waals surface area contributed by atoms with E-state index in [-0.39, 0.29) is 0 Å². The highest BCUT2D eigenvalue weighted by molar-refractivity contribution is 7.98. The van der Waals surface area contributed by atoms with E-state index < -0.39 is 0 Å². The lowest BCUT2D eigenvalue weighted by Crippen LogP contribution is -1.94. The molecule has 3 rings (SSSR count). The summed E-state index contributed by atoms with van der Waals surface area (Å²) in [4.78, 5) is 1.29. The van der Waals surface area contributed by atoms with Gasteiger partial charge in [-0.1, -0.05) is 36.0 Å². The van der Waals surface area contributed by atoms with Gasteiger partial charge in [-0.05, 0) is 31.0 Å². The van der Waals surface area contributed by atoms with E-state index in [2.05, 4.69) is 64.3 Å². The zero-order valence-electron chi connectivity index (χ0n) is 12.3. The second kappa shape index (κ2) is 6.03. The molecule has 0 aliphatic heterocycles. The Bertz CT molecular complexity index is 758. The fourth-order valence-corrected chi connectivity index (χ4v) is 3.84. The fourth-order valence-electron chi connectivity index (χ4n) is 2.17. The number of thiophene rings is 1. The number of benzene rings is 1. The molecule has 0 saturated carbocycles. The Morgan fingerprint density at radius 1 is 1.19 bits per heavy atom. The van der Waals surface area contributed by atoms with Gasteiger partial charge in [0.15, 0.2) is 11.0 Å². The van der Waals surface area contributed by atoms with Gasteiger partial charge >= 0.3 is 0 Å². The summed E-state index contributed by atoms with van der Waals surface area (Å²) >= 11 is 3.47. The zero-order valence-corrected chi connectivity index (χ0v) is 14.0. The van der Waals surface area contributed by atoms with Gasteiger partial charge < -0.3 is 4.57 Å². The summed E-state index contributed by atoms with van der Waals surface area (Å²) < 4.78 is 2.07. The van der Waals surface area contributed by atoms with Crippen LogP contribution in [0.5, 0.6) is 0 Å². The lowest BCUT2D eigenvalue weighted by Gasteiger charge is -2.05. The summed E-state index contributed by atoms with van der Waals surface area (Å²) in [7, 11) is 2.03. The molecule has 0 atom stereocenters. The van der Waals surface area contributed by atoms with Crippen LogP contribution < -0.4 is 0 Å². The van der Waals surface area contributed by atoms with E-state index in [4.69, 9.17) is 0 Å². The van der Waals surface area contributed by atoms with Gasteiger partial charge in [0.05, 0.1) is 0 Å². The van der Waals surface area contributed by atoms with Crippen molar-refractivity contribution in [2.45, 2.75) is 24.8 Å². The predicted molar refractivity (Wildman–Crippen MR) is 89.8 cm³/mol. The predicted octanol–water partition coefficient (Wildman–Crippen LogP) is 4.45. The van der Waals surface area contributed by atoms with Crippen LogP contribution in [0, 0.1) is 13.8 Å². The molecule has 0 radical (unpaired) electrons. The molecule has 0 aliphatic carbocycles. The summed E-state index contributed by atoms with van der Waals surface area (Å²) in [5.74, 6) is 1.85. The van der Waals surface area contributed by atoms with E-state index in [1.165, 1.54) is 16.0 Å². The summed E-state index contributed by atoms with van der Waals surface area (Å²) in [6.07, 6.45) is 0. The van der Waals surface area contributed by atoms with Crippen LogP contribution in [0.4, 0.5) is 0 Å². The van der Waals surface area contributed by atoms with Gasteiger partial charge in [0.2, 0.25) is 0 Å². The van der Waals surface area contributed by atoms with E-state index in [1.54, 1.807) is 23.1 Å². The SMILES string of the molecule is Cc1cc(-c2nnc(SCc3ccccc3C)n2C)cs1. The van der Waals surface area contributed by atoms with Gasteiger partial charge in [0.1, 0.15) is 0 Å². The first-order chi connectivity index (χ1) is 10.1. The average Bonchev–Trinajstić information content (AvgIpc) is 3.04. The first kappa shape index (κ1) is 14.4. The zero-order chi connectivity index (χ0) is 14.8. The molecule has 2 heterocycles. The molecule has 0 fully saturated rings. The lowest BCUT2D eigenvalue weighted by molar-refractivity contribution is 0.794. The monoisotopic (exact) mass is 315 g/mol. The van der Waals surface area contributed by atoms with Crippen LogP contribution in [-0.4, -0.2) is 14.8 Å². The van der Waals surface area contributed by atoms with Crippen molar-refractivity contribution in [3.63, 3.8) is 0 Å². The standard InChI is InChI=1S/C16H17N3S2/c1-11-6-4-5-7-13(11)9-21-16-18-17-15(19(16)3)14-8-12(2)20-10-14/h4-8,10H,9H2,1-3H3. The molecule has 0 spiro atoms. The molecule has 3 aromatic rings. The van der Waals surface area contributed by atoms with Crippen LogP contribution >= 0.6 is 23.1 Å². The van der Waals surface area contributed by atoms with E-state index in [0.717, 1.165) is 22.3 Å². The van der Waals surface area contributed by atoms with Crippen molar-refractivity contribution < 1.29 is 0 Å². The van der Waals surface area contributed by atoms with Crippen LogP contribution in [0.15, 0.2) is 40.9 Å². The van der Waals surface area contributed by atoms with Crippen molar-refractivity contribution in [3.05, 3.63) is 51.7 Å². The van der Waals surface area contributed by atoms with Gasteiger partial charge in [0.25, 0.3) is 0 Å². The molecule has 108 valence electrons. The number of hydrogen-bond donors (Lipinski definition) is 0. The Kier molecular flexibility index (Phi) is 4.12. The van der Waals surface area contributed by atoms with Crippen LogP contribution in [-0.2, 0) is 12.8 Å². The molecule has 0 aliphatic rings. The van der Waals surface area contributed by atoms with Crippen LogP contribution in [0.3, 0.4) is 0 Å². The van der Waals surface area contributed by atoms with Crippen LogP contribution in [0.25, 0.3) is 11.4 Å². The second-order valence-electron chi connectivity index (χ2n) is 5.03. The number of nitrogens with zero attached hydrogens (tertiary/aromatic N) is 3. The molecule has 1 aromatic carbocycles. The number of thioether (sulfide) groups is 1. The van der Waals surface area contributed by atoms with Gasteiger partial charge in [-0.3, -0.25) is 0 Å². The summed E-state index contributed by atoms with van der Waals surface area (Å²) in [6, 6.07) is 10.6. The summed E-state index contributed by atoms with van der Waals surface area (Å²) in [6.45, 7) is 4.25. The Labute approximate surface area is 133 Å². The van der Waals surface area contributed by atoms with E-state index in [1.807, 2.05) is 7.05 Å². The minimum Gasteiger partial charge on any atom is -0.305 e. The summed E-state index contributed by atoms with van der Waals surface area (Å²) in [5, 5.41) is 11.7. The number of rotatable bonds is 4. The van der Waals surface area contributed by atoms with Crippen LogP contribution in [0.1, 0.15) is 16.0 Å². The molecular formula is C16H17N3S2. The Morgan fingerprint density at radius 3 is 2.71 bits per heavy atom. The maximum absolute atomic E-state index is 4.33. The maximum atomic E-state index is 4.33. The molecule has 3 nitrogen and oxygen atoms in total. The van der Waals surface area contributed by atoms with E-state index in [0.29, 0.717) is 0 Å². The van der Waals surface area contributed by atoms with Gasteiger partial charge in [0, 0.05) is 28.6 Å². The Morgan fingerprint density at radius 2 is 2.00 bits per heavy atom. The number of aromatic nitrogens is 3. The fraction of sp³-hybridized carbons (Fsp3) is 0.250. The van der Waals surface area contributed by atoms with Gasteiger partial charge in [-0.15, -0.1) is 21.5 Å². The highest BCUT2D eigenvalue weighted by Gasteiger charge is 2.12. The highest BCUT2D eigenvalue weighted by Crippen LogP contribution is 2.28. The third-order valence-corrected chi connectivity index (χ3v) is 5.37. The van der Waals surface area contributed by atoms with Crippen molar-refractivity contribution >= 4 is 23.1 Å². The van der Waals surface area contributed by atoms with Crippen molar-refractivity contribution in [2.24, 2.45) is 7.05 Å². The van der Waals surface area contributed by atoms with Crippen molar-refractivity contribution in [2.75, 3.05) is 0 Å². The van der Waals surface area contributed by atoms with Crippen molar-refractivity contribution in [1.29, 1.82) is 0 Å². The lowest BCUT2D eigenvalue weighted by atomic mass is 10.1. The maximum Gasteiger partial charge on any atom is 0.191 e. The van der Waals surface area contributed by atoms with E-state index >= 15 is 0 Å². The molecule has 5 heteroatoms. The molecule has 2 aromatic heterocycles. The molecular weight excluding hydrogens is 298 g/mol. The molecule has 0 N–H and O–H groups in total. The quantitative estimate of drug-likeness (QED) is 0.666. The highest BCUT2D eigenvalue weighted by atomic mass is 32.2. The first-order valence-corrected chi connectivity index (χ1v) is 8.64. The number of hydrogen-bond acceptors (Lipinski definition) is 4. The Hall–Kier alpha value is -1.59. The number of aryl methyl sites for hydroxylation is 2. The smallest absolute Gasteiger partial charge is 0.191 e. The minimum absolute atomic E-state index is 0.918. The molecule has 21 heavy (non-hydrogen) atoms. The minimum atomic E-state index is 0.918. The third kappa shape index (κ3) is 3.04. The largest absolute Gasteiger partial charge is 0.305 e. The third-order valence-electron chi connectivity index (χ3n) is 3.44. The van der Waals surface area contributed by atoms with Crippen LogP contribution in [0.2, 0.25) is 0 Å². The molecule has 0 unspecified atom stereocenters. The summed E-state index contributed by atoms with van der Waals surface area (Å²) in [5.41, 5.74) is 3.81. The Balaban J connectivity index is 1.78. The normalized spacial score (nSPS) is 11.0. The molecule has 0 saturated heterocycles. The van der Waals surface area contributed by atoms with E-state index in [9.17, 15) is 0 Å².